The molecule has 0 bridgehead atoms. The molecule has 0 N–H and O–H groups in total. The van der Waals surface area contributed by atoms with E-state index in [1.807, 2.05) is 36.4 Å². The molecule has 7 aromatic rings. The van der Waals surface area contributed by atoms with Crippen molar-refractivity contribution in [1.29, 1.82) is 5.26 Å². The average molecular weight is 541 g/mol. The van der Waals surface area contributed by atoms with Crippen LogP contribution < -0.4 is 4.90 Å². The molecule has 0 radical (unpaired) electrons. The summed E-state index contributed by atoms with van der Waals surface area (Å²) in [6, 6.07) is 42.7. The predicted octanol–water partition coefficient (Wildman–Crippen LogP) is 10.7. The summed E-state index contributed by atoms with van der Waals surface area (Å²) >= 11 is 0. The van der Waals surface area contributed by atoms with Crippen molar-refractivity contribution in [2.24, 2.45) is 0 Å². The Morgan fingerprint density at radius 1 is 0.667 bits per heavy atom. The van der Waals surface area contributed by atoms with Crippen LogP contribution in [-0.4, -0.2) is 0 Å². The fourth-order valence-electron chi connectivity index (χ4n) is 6.93. The van der Waals surface area contributed by atoms with Gasteiger partial charge in [0, 0.05) is 21.9 Å². The summed E-state index contributed by atoms with van der Waals surface area (Å²) in [5.41, 5.74) is 11.7. The van der Waals surface area contributed by atoms with Gasteiger partial charge in [-0.1, -0.05) is 92.2 Å². The standard InChI is InChI=1S/C39H28N2O/c1-24-18-19-29-31(20-24)39(2,3)32-22-34(27-12-4-5-13-28(27)37(29)32)41(26-11-8-10-25(21-26)23-40)33-15-9-17-36-38(33)30-14-6-7-16-35(30)42-36/h4-22H,1-3H3. The fourth-order valence-corrected chi connectivity index (χ4v) is 6.93. The Kier molecular flexibility index (Phi) is 5.15. The van der Waals surface area contributed by atoms with Crippen LogP contribution in [0.25, 0.3) is 43.8 Å². The van der Waals surface area contributed by atoms with Gasteiger partial charge in [0.05, 0.1) is 28.4 Å². The Morgan fingerprint density at radius 3 is 2.24 bits per heavy atom. The molecule has 0 saturated carbocycles. The van der Waals surface area contributed by atoms with Crippen molar-refractivity contribution < 1.29 is 4.42 Å². The van der Waals surface area contributed by atoms with Crippen LogP contribution in [0, 0.1) is 18.3 Å². The zero-order valence-electron chi connectivity index (χ0n) is 23.8. The first-order valence-corrected chi connectivity index (χ1v) is 14.3. The highest BCUT2D eigenvalue weighted by Gasteiger charge is 2.38. The van der Waals surface area contributed by atoms with Crippen LogP contribution in [0.2, 0.25) is 0 Å². The molecule has 0 amide bonds. The Labute approximate surface area is 244 Å². The molecule has 0 unspecified atom stereocenters. The summed E-state index contributed by atoms with van der Waals surface area (Å²) in [5, 5.41) is 14.4. The number of furan rings is 1. The molecular formula is C39H28N2O. The normalized spacial score (nSPS) is 13.3. The molecule has 42 heavy (non-hydrogen) atoms. The molecule has 0 fully saturated rings. The van der Waals surface area contributed by atoms with Crippen molar-refractivity contribution in [3.63, 3.8) is 0 Å². The zero-order valence-corrected chi connectivity index (χ0v) is 23.8. The van der Waals surface area contributed by atoms with E-state index in [2.05, 4.69) is 111 Å². The summed E-state index contributed by atoms with van der Waals surface area (Å²) in [4.78, 5) is 2.32. The predicted molar refractivity (Wildman–Crippen MR) is 173 cm³/mol. The van der Waals surface area contributed by atoms with E-state index in [9.17, 15) is 5.26 Å². The Bertz CT molecular complexity index is 2260. The lowest BCUT2D eigenvalue weighted by Crippen LogP contribution is -2.17. The second kappa shape index (κ2) is 8.83. The molecule has 1 heterocycles. The lowest BCUT2D eigenvalue weighted by molar-refractivity contribution is 0.660. The lowest BCUT2D eigenvalue weighted by Gasteiger charge is -2.30. The quantitative estimate of drug-likeness (QED) is 0.224. The second-order valence-corrected chi connectivity index (χ2v) is 11.8. The molecule has 0 aliphatic heterocycles. The third-order valence-electron chi connectivity index (χ3n) is 8.91. The molecule has 3 heteroatoms. The third-order valence-corrected chi connectivity index (χ3v) is 8.91. The smallest absolute Gasteiger partial charge is 0.137 e. The minimum atomic E-state index is -0.177. The molecular weight excluding hydrogens is 512 g/mol. The zero-order chi connectivity index (χ0) is 28.6. The number of rotatable bonds is 3. The van der Waals surface area contributed by atoms with Crippen LogP contribution in [0.5, 0.6) is 0 Å². The van der Waals surface area contributed by atoms with Crippen LogP contribution >= 0.6 is 0 Å². The minimum absolute atomic E-state index is 0.177. The van der Waals surface area contributed by atoms with Gasteiger partial charge in [-0.2, -0.15) is 5.26 Å². The van der Waals surface area contributed by atoms with Crippen LogP contribution in [0.1, 0.15) is 36.1 Å². The maximum Gasteiger partial charge on any atom is 0.137 e. The van der Waals surface area contributed by atoms with Gasteiger partial charge in [0.1, 0.15) is 11.2 Å². The van der Waals surface area contributed by atoms with Crippen molar-refractivity contribution in [2.45, 2.75) is 26.2 Å². The molecule has 200 valence electrons. The van der Waals surface area contributed by atoms with Crippen LogP contribution in [0.15, 0.2) is 120 Å². The van der Waals surface area contributed by atoms with Crippen LogP contribution in [-0.2, 0) is 5.41 Å². The summed E-state index contributed by atoms with van der Waals surface area (Å²) in [7, 11) is 0. The van der Waals surface area contributed by atoms with Gasteiger partial charge < -0.3 is 9.32 Å². The van der Waals surface area contributed by atoms with E-state index in [0.717, 1.165) is 44.4 Å². The Hall–Kier alpha value is -5.33. The molecule has 8 rings (SSSR count). The Morgan fingerprint density at radius 2 is 1.40 bits per heavy atom. The summed E-state index contributed by atoms with van der Waals surface area (Å²) in [5.74, 6) is 0. The molecule has 1 aliphatic carbocycles. The number of benzene rings is 6. The van der Waals surface area contributed by atoms with E-state index >= 15 is 0 Å². The van der Waals surface area contributed by atoms with Gasteiger partial charge in [-0.25, -0.2) is 0 Å². The van der Waals surface area contributed by atoms with E-state index in [4.69, 9.17) is 4.42 Å². The topological polar surface area (TPSA) is 40.2 Å². The lowest BCUT2D eigenvalue weighted by atomic mass is 9.81. The largest absolute Gasteiger partial charge is 0.456 e. The number of fused-ring (bicyclic) bond motifs is 8. The fraction of sp³-hybridized carbons (Fsp3) is 0.103. The maximum atomic E-state index is 9.87. The summed E-state index contributed by atoms with van der Waals surface area (Å²) in [6.07, 6.45) is 0. The highest BCUT2D eigenvalue weighted by molar-refractivity contribution is 6.16. The summed E-state index contributed by atoms with van der Waals surface area (Å²) in [6.45, 7) is 6.84. The van der Waals surface area contributed by atoms with Crippen LogP contribution in [0.3, 0.4) is 0 Å². The first-order valence-electron chi connectivity index (χ1n) is 14.3. The second-order valence-electron chi connectivity index (χ2n) is 11.8. The van der Waals surface area contributed by atoms with E-state index in [1.54, 1.807) is 0 Å². The van der Waals surface area contributed by atoms with Crippen molar-refractivity contribution in [2.75, 3.05) is 4.90 Å². The van der Waals surface area contributed by atoms with Gasteiger partial charge >= 0.3 is 0 Å². The number of hydrogen-bond donors (Lipinski definition) is 0. The number of para-hydroxylation sites is 1. The van der Waals surface area contributed by atoms with E-state index in [1.165, 1.54) is 33.2 Å². The molecule has 0 atom stereocenters. The van der Waals surface area contributed by atoms with Gasteiger partial charge in [0.2, 0.25) is 0 Å². The monoisotopic (exact) mass is 540 g/mol. The number of aryl methyl sites for hydroxylation is 1. The van der Waals surface area contributed by atoms with Crippen molar-refractivity contribution >= 4 is 49.8 Å². The summed E-state index contributed by atoms with van der Waals surface area (Å²) < 4.78 is 6.33. The molecule has 1 aliphatic rings. The molecule has 0 saturated heterocycles. The SMILES string of the molecule is Cc1ccc2c(c1)C(C)(C)c1cc(N(c3cccc(C#N)c3)c3cccc4oc5ccccc5c34)c3ccccc3c1-2. The van der Waals surface area contributed by atoms with Gasteiger partial charge in [0.15, 0.2) is 0 Å². The Balaban J connectivity index is 1.51. The van der Waals surface area contributed by atoms with Crippen molar-refractivity contribution in [3.05, 3.63) is 138 Å². The minimum Gasteiger partial charge on any atom is -0.456 e. The van der Waals surface area contributed by atoms with Gasteiger partial charge in [-0.15, -0.1) is 0 Å². The molecule has 3 nitrogen and oxygen atoms in total. The van der Waals surface area contributed by atoms with Gasteiger partial charge in [-0.05, 0) is 77.0 Å². The number of hydrogen-bond acceptors (Lipinski definition) is 3. The molecule has 6 aromatic carbocycles. The highest BCUT2D eigenvalue weighted by Crippen LogP contribution is 2.55. The average Bonchev–Trinajstić information content (AvgIpc) is 3.50. The number of nitrogens with zero attached hydrogens (tertiary/aromatic N) is 2. The maximum absolute atomic E-state index is 9.87. The number of nitriles is 1. The molecule has 1 aromatic heterocycles. The van der Waals surface area contributed by atoms with E-state index < -0.39 is 0 Å². The van der Waals surface area contributed by atoms with Gasteiger partial charge in [-0.3, -0.25) is 0 Å². The highest BCUT2D eigenvalue weighted by atomic mass is 16.3. The first-order chi connectivity index (χ1) is 20.5. The van der Waals surface area contributed by atoms with Crippen molar-refractivity contribution in [3.8, 4) is 17.2 Å². The van der Waals surface area contributed by atoms with Gasteiger partial charge in [0.25, 0.3) is 0 Å². The van der Waals surface area contributed by atoms with E-state index in [0.29, 0.717) is 5.56 Å². The number of anilines is 3. The van der Waals surface area contributed by atoms with E-state index in [-0.39, 0.29) is 5.41 Å². The third kappa shape index (κ3) is 3.39. The molecule has 0 spiro atoms. The van der Waals surface area contributed by atoms with Crippen LogP contribution in [0.4, 0.5) is 17.1 Å². The first kappa shape index (κ1) is 24.5. The van der Waals surface area contributed by atoms with Crippen molar-refractivity contribution in [1.82, 2.24) is 0 Å².